The van der Waals surface area contributed by atoms with Crippen molar-refractivity contribution in [3.8, 4) is 0 Å². The van der Waals surface area contributed by atoms with Crippen LogP contribution in [0.15, 0.2) is 48.5 Å². The first-order valence-corrected chi connectivity index (χ1v) is 9.64. The number of thioether (sulfide) groups is 1. The highest BCUT2D eigenvalue weighted by Crippen LogP contribution is 2.22. The number of amides is 3. The van der Waals surface area contributed by atoms with E-state index in [1.165, 1.54) is 29.2 Å². The standard InChI is InChI=1S/C19H18FN3O4S/c20-13-4-6-14(7-5-13)21-17(24)11-28-12-18(25)22-15-2-1-3-16(10-15)23-8-9-27-19(23)26/h1-7,10H,8-9,11-12H2,(H,21,24)(H,22,25). The highest BCUT2D eigenvalue weighted by molar-refractivity contribution is 8.00. The van der Waals surface area contributed by atoms with Gasteiger partial charge in [-0.2, -0.15) is 0 Å². The molecule has 3 rings (SSSR count). The summed E-state index contributed by atoms with van der Waals surface area (Å²) in [6.07, 6.45) is -0.411. The number of rotatable bonds is 7. The van der Waals surface area contributed by atoms with Crippen molar-refractivity contribution in [1.82, 2.24) is 0 Å². The van der Waals surface area contributed by atoms with E-state index in [1.54, 1.807) is 24.3 Å². The zero-order valence-corrected chi connectivity index (χ0v) is 15.6. The minimum Gasteiger partial charge on any atom is -0.447 e. The number of halogens is 1. The molecule has 146 valence electrons. The lowest BCUT2D eigenvalue weighted by molar-refractivity contribution is -0.114. The minimum atomic E-state index is -0.411. The Morgan fingerprint density at radius 1 is 1.04 bits per heavy atom. The molecule has 0 atom stereocenters. The lowest BCUT2D eigenvalue weighted by Crippen LogP contribution is -2.23. The van der Waals surface area contributed by atoms with Crippen molar-refractivity contribution in [2.45, 2.75) is 0 Å². The molecule has 0 unspecified atom stereocenters. The van der Waals surface area contributed by atoms with Crippen LogP contribution in [0, 0.1) is 5.82 Å². The summed E-state index contributed by atoms with van der Waals surface area (Å²) in [5.74, 6) is -0.744. The zero-order chi connectivity index (χ0) is 19.9. The van der Waals surface area contributed by atoms with E-state index in [-0.39, 0.29) is 29.1 Å². The smallest absolute Gasteiger partial charge is 0.414 e. The van der Waals surface area contributed by atoms with E-state index in [0.29, 0.717) is 30.2 Å². The maximum Gasteiger partial charge on any atom is 0.414 e. The van der Waals surface area contributed by atoms with E-state index >= 15 is 0 Å². The number of carbonyl (C=O) groups is 3. The van der Waals surface area contributed by atoms with Crippen molar-refractivity contribution < 1.29 is 23.5 Å². The molecule has 9 heteroatoms. The van der Waals surface area contributed by atoms with Gasteiger partial charge in [0.2, 0.25) is 11.8 Å². The average molecular weight is 403 g/mol. The maximum atomic E-state index is 12.8. The van der Waals surface area contributed by atoms with Crippen LogP contribution in [0.3, 0.4) is 0 Å². The number of anilines is 3. The number of nitrogens with one attached hydrogen (secondary N) is 2. The van der Waals surface area contributed by atoms with Crippen molar-refractivity contribution in [3.63, 3.8) is 0 Å². The van der Waals surface area contributed by atoms with Gasteiger partial charge in [-0.1, -0.05) is 6.07 Å². The number of benzene rings is 2. The SMILES string of the molecule is O=C(CSCC(=O)Nc1cccc(N2CCOC2=O)c1)Nc1ccc(F)cc1. The zero-order valence-electron chi connectivity index (χ0n) is 14.8. The summed E-state index contributed by atoms with van der Waals surface area (Å²) < 4.78 is 17.7. The Bertz CT molecular complexity index is 876. The molecule has 0 aliphatic carbocycles. The van der Waals surface area contributed by atoms with Crippen molar-refractivity contribution in [2.24, 2.45) is 0 Å². The van der Waals surface area contributed by atoms with Crippen LogP contribution in [0.2, 0.25) is 0 Å². The van der Waals surface area contributed by atoms with Gasteiger partial charge in [0.05, 0.1) is 18.1 Å². The van der Waals surface area contributed by atoms with Gasteiger partial charge < -0.3 is 15.4 Å². The number of cyclic esters (lactones) is 1. The van der Waals surface area contributed by atoms with E-state index in [0.717, 1.165) is 11.8 Å². The van der Waals surface area contributed by atoms with Crippen molar-refractivity contribution in [1.29, 1.82) is 0 Å². The Morgan fingerprint density at radius 3 is 2.36 bits per heavy atom. The Labute approximate surface area is 165 Å². The topological polar surface area (TPSA) is 87.7 Å². The number of hydrogen-bond donors (Lipinski definition) is 2. The molecule has 1 saturated heterocycles. The molecule has 1 fully saturated rings. The predicted molar refractivity (Wildman–Crippen MR) is 106 cm³/mol. The van der Waals surface area contributed by atoms with Gasteiger partial charge in [0.25, 0.3) is 0 Å². The van der Waals surface area contributed by atoms with E-state index in [9.17, 15) is 18.8 Å². The molecule has 2 N–H and O–H groups in total. The molecule has 2 aromatic carbocycles. The first kappa shape index (κ1) is 19.7. The van der Waals surface area contributed by atoms with Crippen LogP contribution < -0.4 is 15.5 Å². The molecular formula is C19H18FN3O4S. The molecule has 3 amide bonds. The Kier molecular flexibility index (Phi) is 6.49. The fraction of sp³-hybridized carbons (Fsp3) is 0.211. The first-order valence-electron chi connectivity index (χ1n) is 8.48. The fourth-order valence-electron chi connectivity index (χ4n) is 2.54. The van der Waals surface area contributed by atoms with Crippen molar-refractivity contribution >= 4 is 46.7 Å². The van der Waals surface area contributed by atoms with Gasteiger partial charge in [0.1, 0.15) is 12.4 Å². The molecule has 1 heterocycles. The lowest BCUT2D eigenvalue weighted by Gasteiger charge is -2.14. The predicted octanol–water partition coefficient (Wildman–Crippen LogP) is 3.09. The maximum absolute atomic E-state index is 12.8. The van der Waals surface area contributed by atoms with Gasteiger partial charge in [0.15, 0.2) is 0 Å². The van der Waals surface area contributed by atoms with Gasteiger partial charge in [-0.3, -0.25) is 14.5 Å². The number of carbonyl (C=O) groups excluding carboxylic acids is 3. The Balaban J connectivity index is 1.43. The molecular weight excluding hydrogens is 385 g/mol. The van der Waals surface area contributed by atoms with Gasteiger partial charge in [-0.25, -0.2) is 9.18 Å². The third kappa shape index (κ3) is 5.46. The van der Waals surface area contributed by atoms with E-state index in [1.807, 2.05) is 0 Å². The summed E-state index contributed by atoms with van der Waals surface area (Å²) in [5.41, 5.74) is 1.69. The lowest BCUT2D eigenvalue weighted by atomic mass is 10.2. The molecule has 0 saturated carbocycles. The molecule has 1 aliphatic heterocycles. The third-order valence-corrected chi connectivity index (χ3v) is 4.73. The van der Waals surface area contributed by atoms with Crippen molar-refractivity contribution in [2.75, 3.05) is 40.2 Å². The second-order valence-corrected chi connectivity index (χ2v) is 6.90. The fourth-order valence-corrected chi connectivity index (χ4v) is 3.16. The summed E-state index contributed by atoms with van der Waals surface area (Å²) >= 11 is 1.16. The second-order valence-electron chi connectivity index (χ2n) is 5.91. The largest absolute Gasteiger partial charge is 0.447 e. The van der Waals surface area contributed by atoms with E-state index < -0.39 is 6.09 Å². The second kappa shape index (κ2) is 9.23. The molecule has 7 nitrogen and oxygen atoms in total. The van der Waals surface area contributed by atoms with Crippen LogP contribution in [-0.2, 0) is 14.3 Å². The van der Waals surface area contributed by atoms with Crippen LogP contribution in [-0.4, -0.2) is 42.6 Å². The summed E-state index contributed by atoms with van der Waals surface area (Å²) in [5, 5.41) is 5.37. The monoisotopic (exact) mass is 403 g/mol. The number of hydrogen-bond acceptors (Lipinski definition) is 5. The molecule has 1 aliphatic rings. The van der Waals surface area contributed by atoms with Crippen LogP contribution in [0.25, 0.3) is 0 Å². The Hall–Kier alpha value is -3.07. The summed E-state index contributed by atoms with van der Waals surface area (Å²) in [4.78, 5) is 37.0. The highest BCUT2D eigenvalue weighted by Gasteiger charge is 2.23. The van der Waals surface area contributed by atoms with Gasteiger partial charge in [-0.15, -0.1) is 11.8 Å². The van der Waals surface area contributed by atoms with Crippen LogP contribution in [0.1, 0.15) is 0 Å². The molecule has 0 spiro atoms. The highest BCUT2D eigenvalue weighted by atomic mass is 32.2. The quantitative estimate of drug-likeness (QED) is 0.742. The third-order valence-electron chi connectivity index (χ3n) is 3.80. The van der Waals surface area contributed by atoms with Gasteiger partial charge >= 0.3 is 6.09 Å². The normalized spacial score (nSPS) is 13.2. The summed E-state index contributed by atoms with van der Waals surface area (Å²) in [6, 6.07) is 12.3. The Morgan fingerprint density at radius 2 is 1.71 bits per heavy atom. The summed E-state index contributed by atoms with van der Waals surface area (Å²) in [7, 11) is 0. The van der Waals surface area contributed by atoms with E-state index in [2.05, 4.69) is 10.6 Å². The van der Waals surface area contributed by atoms with Crippen LogP contribution in [0.5, 0.6) is 0 Å². The molecule has 28 heavy (non-hydrogen) atoms. The molecule has 2 aromatic rings. The average Bonchev–Trinajstić information content (AvgIpc) is 3.10. The molecule has 0 aromatic heterocycles. The number of nitrogens with zero attached hydrogens (tertiary/aromatic N) is 1. The minimum absolute atomic E-state index is 0.0878. The van der Waals surface area contributed by atoms with E-state index in [4.69, 9.17) is 4.74 Å². The first-order chi connectivity index (χ1) is 13.5. The summed E-state index contributed by atoms with van der Waals surface area (Å²) in [6.45, 7) is 0.807. The van der Waals surface area contributed by atoms with Crippen molar-refractivity contribution in [3.05, 3.63) is 54.3 Å². The van der Waals surface area contributed by atoms with Crippen LogP contribution >= 0.6 is 11.8 Å². The van der Waals surface area contributed by atoms with Gasteiger partial charge in [0, 0.05) is 17.1 Å². The van der Waals surface area contributed by atoms with Crippen LogP contribution in [0.4, 0.5) is 26.2 Å². The van der Waals surface area contributed by atoms with Gasteiger partial charge in [-0.05, 0) is 42.5 Å². The molecule has 0 bridgehead atoms. The number of ether oxygens (including phenoxy) is 1. The molecule has 0 radical (unpaired) electrons.